The summed E-state index contributed by atoms with van der Waals surface area (Å²) < 4.78 is 5.71. The van der Waals surface area contributed by atoms with E-state index in [1.807, 2.05) is 39.0 Å². The predicted octanol–water partition coefficient (Wildman–Crippen LogP) is 3.20. The smallest absolute Gasteiger partial charge is 0.145 e. The number of pyridine rings is 1. The van der Waals surface area contributed by atoms with Gasteiger partial charge in [0.2, 0.25) is 0 Å². The quantitative estimate of drug-likeness (QED) is 0.789. The third kappa shape index (κ3) is 2.21. The third-order valence-corrected chi connectivity index (χ3v) is 2.49. The number of rotatable bonds is 2. The fourth-order valence-corrected chi connectivity index (χ4v) is 1.80. The molecule has 0 aliphatic rings. The number of nitriles is 1. The van der Waals surface area contributed by atoms with Gasteiger partial charge in [0.25, 0.3) is 0 Å². The van der Waals surface area contributed by atoms with E-state index in [-0.39, 0.29) is 6.10 Å². The number of hydrogen-bond acceptors (Lipinski definition) is 3. The lowest BCUT2D eigenvalue weighted by molar-refractivity contribution is 0.245. The van der Waals surface area contributed by atoms with Crippen molar-refractivity contribution < 1.29 is 4.74 Å². The van der Waals surface area contributed by atoms with E-state index in [1.165, 1.54) is 0 Å². The van der Waals surface area contributed by atoms with Crippen LogP contribution >= 0.6 is 0 Å². The molecule has 0 aliphatic carbocycles. The van der Waals surface area contributed by atoms with Crippen LogP contribution in [0, 0.1) is 18.3 Å². The lowest BCUT2D eigenvalue weighted by Gasteiger charge is -2.12. The Kier molecular flexibility index (Phi) is 2.97. The summed E-state index contributed by atoms with van der Waals surface area (Å²) in [6.45, 7) is 5.92. The minimum atomic E-state index is 0.0912. The van der Waals surface area contributed by atoms with Gasteiger partial charge in [-0.25, -0.2) is 4.98 Å². The molecule has 0 unspecified atom stereocenters. The Bertz CT molecular complexity index is 597. The monoisotopic (exact) mass is 226 g/mol. The molecule has 0 saturated heterocycles. The van der Waals surface area contributed by atoms with Gasteiger partial charge in [-0.3, -0.25) is 0 Å². The third-order valence-electron chi connectivity index (χ3n) is 2.49. The number of aryl methyl sites for hydroxylation is 1. The molecule has 86 valence electrons. The summed E-state index contributed by atoms with van der Waals surface area (Å²) in [5.41, 5.74) is 2.23. The highest BCUT2D eigenvalue weighted by Crippen LogP contribution is 2.27. The molecule has 0 amide bonds. The van der Waals surface area contributed by atoms with E-state index >= 15 is 0 Å². The molecule has 3 nitrogen and oxygen atoms in total. The van der Waals surface area contributed by atoms with Gasteiger partial charge in [-0.1, -0.05) is 12.1 Å². The summed E-state index contributed by atoms with van der Waals surface area (Å²) in [5, 5.41) is 9.97. The maximum absolute atomic E-state index is 8.94. The Morgan fingerprint density at radius 3 is 2.76 bits per heavy atom. The first-order chi connectivity index (χ1) is 8.11. The van der Waals surface area contributed by atoms with Crippen LogP contribution in [0.5, 0.6) is 5.75 Å². The fraction of sp³-hybridized carbons (Fsp3) is 0.286. The first kappa shape index (κ1) is 11.4. The molecule has 3 heteroatoms. The van der Waals surface area contributed by atoms with Crippen molar-refractivity contribution in [3.8, 4) is 11.8 Å². The molecule has 0 bridgehead atoms. The summed E-state index contributed by atoms with van der Waals surface area (Å²) in [6.07, 6.45) is 0.0912. The molecular weight excluding hydrogens is 212 g/mol. The Morgan fingerprint density at radius 1 is 1.35 bits per heavy atom. The van der Waals surface area contributed by atoms with Gasteiger partial charge in [-0.15, -0.1) is 0 Å². The Morgan fingerprint density at radius 2 is 2.12 bits per heavy atom. The molecular formula is C14H14N2O. The minimum absolute atomic E-state index is 0.0912. The van der Waals surface area contributed by atoms with E-state index < -0.39 is 0 Å². The molecule has 2 rings (SSSR count). The topological polar surface area (TPSA) is 45.9 Å². The summed E-state index contributed by atoms with van der Waals surface area (Å²) in [7, 11) is 0. The normalized spacial score (nSPS) is 10.5. The van der Waals surface area contributed by atoms with E-state index in [9.17, 15) is 0 Å². The molecule has 1 aromatic carbocycles. The maximum atomic E-state index is 8.94. The van der Waals surface area contributed by atoms with Gasteiger partial charge in [0.1, 0.15) is 23.0 Å². The summed E-state index contributed by atoms with van der Waals surface area (Å²) in [5.74, 6) is 0.734. The Labute approximate surface area is 101 Å². The summed E-state index contributed by atoms with van der Waals surface area (Å²) in [4.78, 5) is 4.32. The molecule has 2 aromatic rings. The average Bonchev–Trinajstić information content (AvgIpc) is 2.29. The summed E-state index contributed by atoms with van der Waals surface area (Å²) >= 11 is 0. The van der Waals surface area contributed by atoms with E-state index in [4.69, 9.17) is 10.00 Å². The number of fused-ring (bicyclic) bond motifs is 1. The van der Waals surface area contributed by atoms with Crippen LogP contribution in [0.25, 0.3) is 10.9 Å². The first-order valence-electron chi connectivity index (χ1n) is 5.59. The van der Waals surface area contributed by atoms with Crippen LogP contribution in [0.15, 0.2) is 24.3 Å². The molecule has 17 heavy (non-hydrogen) atoms. The van der Waals surface area contributed by atoms with Crippen LogP contribution in [-0.2, 0) is 0 Å². The van der Waals surface area contributed by atoms with Crippen molar-refractivity contribution in [1.82, 2.24) is 4.98 Å². The zero-order valence-electron chi connectivity index (χ0n) is 10.2. The van der Waals surface area contributed by atoms with Crippen LogP contribution in [0.4, 0.5) is 0 Å². The van der Waals surface area contributed by atoms with Crippen LogP contribution < -0.4 is 4.74 Å². The van der Waals surface area contributed by atoms with E-state index in [0.717, 1.165) is 22.2 Å². The van der Waals surface area contributed by atoms with Gasteiger partial charge >= 0.3 is 0 Å². The molecule has 0 radical (unpaired) electrons. The van der Waals surface area contributed by atoms with Crippen LogP contribution in [-0.4, -0.2) is 11.1 Å². The van der Waals surface area contributed by atoms with Crippen LogP contribution in [0.1, 0.15) is 25.1 Å². The van der Waals surface area contributed by atoms with Crippen molar-refractivity contribution >= 4 is 10.9 Å². The molecule has 0 atom stereocenters. The minimum Gasteiger partial charge on any atom is -0.489 e. The van der Waals surface area contributed by atoms with Gasteiger partial charge in [-0.05, 0) is 38.5 Å². The molecule has 0 saturated carbocycles. The number of aromatic nitrogens is 1. The number of para-hydroxylation sites is 1. The van der Waals surface area contributed by atoms with Crippen molar-refractivity contribution in [3.63, 3.8) is 0 Å². The van der Waals surface area contributed by atoms with E-state index in [2.05, 4.69) is 11.1 Å². The zero-order chi connectivity index (χ0) is 12.4. The van der Waals surface area contributed by atoms with Crippen molar-refractivity contribution in [3.05, 3.63) is 35.5 Å². The molecule has 1 heterocycles. The van der Waals surface area contributed by atoms with E-state index in [0.29, 0.717) is 5.69 Å². The number of ether oxygens (including phenoxy) is 1. The highest BCUT2D eigenvalue weighted by Gasteiger charge is 2.08. The molecule has 0 N–H and O–H groups in total. The van der Waals surface area contributed by atoms with Gasteiger partial charge in [-0.2, -0.15) is 5.26 Å². The lowest BCUT2D eigenvalue weighted by Crippen LogP contribution is -2.06. The van der Waals surface area contributed by atoms with Crippen LogP contribution in [0.3, 0.4) is 0 Å². The highest BCUT2D eigenvalue weighted by atomic mass is 16.5. The Balaban J connectivity index is 2.70. The summed E-state index contributed by atoms with van der Waals surface area (Å²) in [6, 6.07) is 9.69. The molecule has 1 aromatic heterocycles. The predicted molar refractivity (Wildman–Crippen MR) is 67.0 cm³/mol. The maximum Gasteiger partial charge on any atom is 0.145 e. The highest BCUT2D eigenvalue weighted by molar-refractivity contribution is 5.87. The second kappa shape index (κ2) is 4.42. The lowest BCUT2D eigenvalue weighted by atomic mass is 10.1. The second-order valence-corrected chi connectivity index (χ2v) is 4.26. The van der Waals surface area contributed by atoms with Gasteiger partial charge in [0.05, 0.1) is 6.10 Å². The van der Waals surface area contributed by atoms with Gasteiger partial charge in [0, 0.05) is 5.39 Å². The average molecular weight is 226 g/mol. The Hall–Kier alpha value is -2.08. The number of nitrogens with zero attached hydrogens (tertiary/aromatic N) is 2. The molecule has 0 fully saturated rings. The second-order valence-electron chi connectivity index (χ2n) is 4.26. The molecule has 0 aliphatic heterocycles. The van der Waals surface area contributed by atoms with Crippen molar-refractivity contribution in [2.45, 2.75) is 26.9 Å². The standard InChI is InChI=1S/C14H14N2O/c1-9(2)17-13-6-4-5-12-10(3)7-11(8-15)16-14(12)13/h4-7,9H,1-3H3. The largest absolute Gasteiger partial charge is 0.489 e. The van der Waals surface area contributed by atoms with Gasteiger partial charge in [0.15, 0.2) is 0 Å². The molecule has 0 spiro atoms. The van der Waals surface area contributed by atoms with Crippen molar-refractivity contribution in [1.29, 1.82) is 5.26 Å². The first-order valence-corrected chi connectivity index (χ1v) is 5.59. The zero-order valence-corrected chi connectivity index (χ0v) is 10.2. The fourth-order valence-electron chi connectivity index (χ4n) is 1.80. The van der Waals surface area contributed by atoms with E-state index in [1.54, 1.807) is 6.07 Å². The van der Waals surface area contributed by atoms with Gasteiger partial charge < -0.3 is 4.74 Å². The van der Waals surface area contributed by atoms with Crippen molar-refractivity contribution in [2.24, 2.45) is 0 Å². The number of hydrogen-bond donors (Lipinski definition) is 0. The number of benzene rings is 1. The van der Waals surface area contributed by atoms with Crippen LogP contribution in [0.2, 0.25) is 0 Å². The van der Waals surface area contributed by atoms with Crippen molar-refractivity contribution in [2.75, 3.05) is 0 Å². The SMILES string of the molecule is Cc1cc(C#N)nc2c(OC(C)C)cccc12.